The van der Waals surface area contributed by atoms with E-state index in [0.717, 1.165) is 12.2 Å². The quantitative estimate of drug-likeness (QED) is 0.928. The normalized spacial score (nSPS) is 22.9. The minimum Gasteiger partial charge on any atom is -0.452 e. The van der Waals surface area contributed by atoms with Crippen LogP contribution in [0, 0.1) is 5.92 Å². The zero-order chi connectivity index (χ0) is 11.7. The summed E-state index contributed by atoms with van der Waals surface area (Å²) in [6, 6.07) is 4.00. The van der Waals surface area contributed by atoms with Crippen molar-refractivity contribution >= 4 is 22.0 Å². The maximum atomic E-state index is 11.7. The Morgan fingerprint density at radius 3 is 2.88 bits per heavy atom. The lowest BCUT2D eigenvalue weighted by Gasteiger charge is -2.16. The molecule has 4 nitrogen and oxygen atoms in total. The number of carbonyl (C=O) groups is 1. The Bertz CT molecular complexity index is 391. The molecule has 0 bridgehead atoms. The molecule has 1 fully saturated rings. The molecule has 0 spiro atoms. The summed E-state index contributed by atoms with van der Waals surface area (Å²) < 4.78 is 6.03. The molecule has 1 N–H and O–H groups in total. The first-order valence-electron chi connectivity index (χ1n) is 5.32. The molecular formula is C11H15BrN2O2. The monoisotopic (exact) mass is 286 g/mol. The highest BCUT2D eigenvalue weighted by Crippen LogP contribution is 2.29. The van der Waals surface area contributed by atoms with E-state index in [1.54, 1.807) is 11.9 Å². The summed E-state index contributed by atoms with van der Waals surface area (Å²) in [4.78, 5) is 13.3. The zero-order valence-corrected chi connectivity index (χ0v) is 11.0. The van der Waals surface area contributed by atoms with Crippen molar-refractivity contribution in [3.8, 4) is 0 Å². The summed E-state index contributed by atoms with van der Waals surface area (Å²) in [7, 11) is 1.76. The first-order valence-corrected chi connectivity index (χ1v) is 6.11. The van der Waals surface area contributed by atoms with Gasteiger partial charge in [-0.3, -0.25) is 0 Å². The lowest BCUT2D eigenvalue weighted by atomic mass is 10.4. The van der Waals surface area contributed by atoms with E-state index in [9.17, 15) is 4.79 Å². The van der Waals surface area contributed by atoms with Crippen LogP contribution in [0.15, 0.2) is 21.2 Å². The van der Waals surface area contributed by atoms with E-state index in [-0.39, 0.29) is 6.03 Å². The molecule has 0 saturated heterocycles. The van der Waals surface area contributed by atoms with Crippen LogP contribution < -0.4 is 5.32 Å². The van der Waals surface area contributed by atoms with Gasteiger partial charge in [-0.15, -0.1) is 0 Å². The molecular weight excluding hydrogens is 272 g/mol. The number of nitrogens with zero attached hydrogens (tertiary/aromatic N) is 1. The van der Waals surface area contributed by atoms with E-state index in [4.69, 9.17) is 4.42 Å². The Kier molecular flexibility index (Phi) is 3.23. The number of nitrogens with one attached hydrogen (secondary N) is 1. The largest absolute Gasteiger partial charge is 0.452 e. The molecule has 1 aromatic heterocycles. The van der Waals surface area contributed by atoms with Gasteiger partial charge in [-0.05, 0) is 40.4 Å². The van der Waals surface area contributed by atoms with Crippen molar-refractivity contribution in [2.24, 2.45) is 5.92 Å². The van der Waals surface area contributed by atoms with Crippen LogP contribution in [0.4, 0.5) is 4.79 Å². The van der Waals surface area contributed by atoms with Gasteiger partial charge in [0.2, 0.25) is 0 Å². The Balaban J connectivity index is 1.82. The van der Waals surface area contributed by atoms with Crippen LogP contribution in [-0.4, -0.2) is 24.0 Å². The highest BCUT2D eigenvalue weighted by atomic mass is 79.9. The van der Waals surface area contributed by atoms with Gasteiger partial charge in [0.1, 0.15) is 5.76 Å². The summed E-state index contributed by atoms with van der Waals surface area (Å²) >= 11 is 3.23. The molecule has 16 heavy (non-hydrogen) atoms. The van der Waals surface area contributed by atoms with E-state index in [2.05, 4.69) is 28.2 Å². The first kappa shape index (κ1) is 11.5. The van der Waals surface area contributed by atoms with Gasteiger partial charge in [0.05, 0.1) is 6.54 Å². The van der Waals surface area contributed by atoms with Crippen LogP contribution in [0.1, 0.15) is 19.1 Å². The van der Waals surface area contributed by atoms with E-state index in [0.29, 0.717) is 23.2 Å². The lowest BCUT2D eigenvalue weighted by Crippen LogP contribution is -2.38. The molecule has 1 aliphatic rings. The van der Waals surface area contributed by atoms with Crippen molar-refractivity contribution in [1.82, 2.24) is 10.2 Å². The number of halogens is 1. The second-order valence-electron chi connectivity index (χ2n) is 4.33. The number of carbonyl (C=O) groups excluding carboxylic acids is 1. The molecule has 88 valence electrons. The fourth-order valence-electron chi connectivity index (χ4n) is 1.53. The molecule has 0 aromatic carbocycles. The topological polar surface area (TPSA) is 45.5 Å². The second kappa shape index (κ2) is 4.49. The van der Waals surface area contributed by atoms with Crippen LogP contribution in [0.5, 0.6) is 0 Å². The molecule has 2 rings (SSSR count). The Morgan fingerprint density at radius 2 is 2.38 bits per heavy atom. The molecule has 5 heteroatoms. The number of hydrogen-bond donors (Lipinski definition) is 1. The molecule has 0 unspecified atom stereocenters. The standard InChI is InChI=1S/C11H15BrN2O2/c1-7-5-9(7)13-11(15)14(2)6-8-3-4-10(12)16-8/h3-4,7,9H,5-6H2,1-2H3,(H,13,15)/t7-,9+/m0/s1. The lowest BCUT2D eigenvalue weighted by molar-refractivity contribution is 0.202. The maximum absolute atomic E-state index is 11.7. The van der Waals surface area contributed by atoms with Crippen molar-refractivity contribution in [2.45, 2.75) is 25.9 Å². The minimum absolute atomic E-state index is 0.0399. The first-order chi connectivity index (χ1) is 7.56. The van der Waals surface area contributed by atoms with Crippen molar-refractivity contribution in [3.63, 3.8) is 0 Å². The Labute approximate surface area is 103 Å². The van der Waals surface area contributed by atoms with Crippen molar-refractivity contribution in [3.05, 3.63) is 22.6 Å². The molecule has 0 radical (unpaired) electrons. The molecule has 1 saturated carbocycles. The van der Waals surface area contributed by atoms with E-state index < -0.39 is 0 Å². The van der Waals surface area contributed by atoms with E-state index in [1.165, 1.54) is 0 Å². The van der Waals surface area contributed by atoms with Gasteiger partial charge in [0.15, 0.2) is 4.67 Å². The van der Waals surface area contributed by atoms with Gasteiger partial charge in [-0.1, -0.05) is 6.92 Å². The molecule has 1 heterocycles. The third kappa shape index (κ3) is 2.78. The van der Waals surface area contributed by atoms with Gasteiger partial charge >= 0.3 is 6.03 Å². The highest BCUT2D eigenvalue weighted by Gasteiger charge is 2.34. The summed E-state index contributed by atoms with van der Waals surface area (Å²) in [6.45, 7) is 2.62. The third-order valence-corrected chi connectivity index (χ3v) is 3.21. The fourth-order valence-corrected chi connectivity index (χ4v) is 1.87. The van der Waals surface area contributed by atoms with Gasteiger partial charge in [0, 0.05) is 13.1 Å². The highest BCUT2D eigenvalue weighted by molar-refractivity contribution is 9.10. The minimum atomic E-state index is -0.0399. The average Bonchev–Trinajstić information content (AvgIpc) is 2.73. The SMILES string of the molecule is C[C@H]1C[C@H]1NC(=O)N(C)Cc1ccc(Br)o1. The number of furan rings is 1. The number of rotatable bonds is 3. The number of amides is 2. The molecule has 2 atom stereocenters. The molecule has 0 aliphatic heterocycles. The number of urea groups is 1. The number of hydrogen-bond acceptors (Lipinski definition) is 2. The van der Waals surface area contributed by atoms with Crippen LogP contribution in [-0.2, 0) is 6.54 Å². The molecule has 2 amide bonds. The van der Waals surface area contributed by atoms with Gasteiger partial charge < -0.3 is 14.6 Å². The van der Waals surface area contributed by atoms with Crippen molar-refractivity contribution in [1.29, 1.82) is 0 Å². The second-order valence-corrected chi connectivity index (χ2v) is 5.11. The predicted octanol–water partition coefficient (Wildman–Crippen LogP) is 2.59. The maximum Gasteiger partial charge on any atom is 0.317 e. The zero-order valence-electron chi connectivity index (χ0n) is 9.37. The van der Waals surface area contributed by atoms with Gasteiger partial charge in [-0.2, -0.15) is 0 Å². The van der Waals surface area contributed by atoms with Crippen molar-refractivity contribution < 1.29 is 9.21 Å². The fraction of sp³-hybridized carbons (Fsp3) is 0.545. The Morgan fingerprint density at radius 1 is 1.69 bits per heavy atom. The summed E-state index contributed by atoms with van der Waals surface area (Å²) in [5, 5.41) is 2.96. The van der Waals surface area contributed by atoms with Crippen LogP contribution in [0.25, 0.3) is 0 Å². The smallest absolute Gasteiger partial charge is 0.317 e. The van der Waals surface area contributed by atoms with Gasteiger partial charge in [0.25, 0.3) is 0 Å². The van der Waals surface area contributed by atoms with Crippen molar-refractivity contribution in [2.75, 3.05) is 7.05 Å². The van der Waals surface area contributed by atoms with E-state index in [1.807, 2.05) is 12.1 Å². The van der Waals surface area contributed by atoms with Gasteiger partial charge in [-0.25, -0.2) is 4.79 Å². The third-order valence-electron chi connectivity index (χ3n) is 2.79. The molecule has 1 aromatic rings. The predicted molar refractivity (Wildman–Crippen MR) is 64.0 cm³/mol. The van der Waals surface area contributed by atoms with Crippen LogP contribution in [0.3, 0.4) is 0 Å². The summed E-state index contributed by atoms with van der Waals surface area (Å²) in [6.07, 6.45) is 1.09. The summed E-state index contributed by atoms with van der Waals surface area (Å²) in [5.74, 6) is 1.39. The van der Waals surface area contributed by atoms with E-state index >= 15 is 0 Å². The summed E-state index contributed by atoms with van der Waals surface area (Å²) in [5.41, 5.74) is 0. The Hall–Kier alpha value is -0.970. The average molecular weight is 287 g/mol. The molecule has 1 aliphatic carbocycles. The van der Waals surface area contributed by atoms with Crippen LogP contribution >= 0.6 is 15.9 Å². The van der Waals surface area contributed by atoms with Crippen LogP contribution in [0.2, 0.25) is 0 Å².